The summed E-state index contributed by atoms with van der Waals surface area (Å²) in [6.45, 7) is 0. The van der Waals surface area contributed by atoms with E-state index in [1.54, 1.807) is 24.5 Å². The van der Waals surface area contributed by atoms with E-state index in [1.165, 1.54) is 0 Å². The molecule has 0 radical (unpaired) electrons. The highest BCUT2D eigenvalue weighted by atomic mass is 35.5. The smallest absolute Gasteiger partial charge is 0.219 e. The van der Waals surface area contributed by atoms with Gasteiger partial charge in [-0.2, -0.15) is 0 Å². The van der Waals surface area contributed by atoms with Gasteiger partial charge in [-0.1, -0.05) is 29.8 Å². The van der Waals surface area contributed by atoms with Crippen LogP contribution >= 0.6 is 11.6 Å². The second-order valence-corrected chi connectivity index (χ2v) is 4.60. The molecule has 0 aliphatic heterocycles. The number of pyridine rings is 2. The molecule has 0 unspecified atom stereocenters. The summed E-state index contributed by atoms with van der Waals surface area (Å²) >= 11 is 5.79. The molecule has 0 bridgehead atoms. The van der Waals surface area contributed by atoms with Crippen LogP contribution in [0.4, 0.5) is 0 Å². The van der Waals surface area contributed by atoms with E-state index < -0.39 is 0 Å². The number of halogens is 1. The van der Waals surface area contributed by atoms with Gasteiger partial charge in [-0.05, 0) is 30.3 Å². The zero-order valence-electron chi connectivity index (χ0n) is 10.5. The van der Waals surface area contributed by atoms with Crippen molar-refractivity contribution < 1.29 is 4.74 Å². The van der Waals surface area contributed by atoms with Gasteiger partial charge in [-0.15, -0.1) is 0 Å². The van der Waals surface area contributed by atoms with Crippen LogP contribution < -0.4 is 4.74 Å². The summed E-state index contributed by atoms with van der Waals surface area (Å²) in [5, 5.41) is 0.583. The minimum Gasteiger partial charge on any atom is -0.439 e. The molecule has 0 aliphatic carbocycles. The Morgan fingerprint density at radius 2 is 1.85 bits per heavy atom. The van der Waals surface area contributed by atoms with Crippen LogP contribution in [-0.2, 0) is 0 Å². The molecule has 0 N–H and O–H groups in total. The van der Waals surface area contributed by atoms with Gasteiger partial charge in [0.25, 0.3) is 0 Å². The van der Waals surface area contributed by atoms with Gasteiger partial charge in [0.15, 0.2) is 0 Å². The lowest BCUT2D eigenvalue weighted by atomic mass is 10.1. The molecule has 4 heteroatoms. The summed E-state index contributed by atoms with van der Waals surface area (Å²) < 4.78 is 5.70. The van der Waals surface area contributed by atoms with Crippen molar-refractivity contribution in [3.63, 3.8) is 0 Å². The van der Waals surface area contributed by atoms with Crippen molar-refractivity contribution in [3.8, 4) is 22.9 Å². The van der Waals surface area contributed by atoms with Crippen molar-refractivity contribution in [1.82, 2.24) is 9.97 Å². The molecule has 0 saturated carbocycles. The fourth-order valence-electron chi connectivity index (χ4n) is 1.80. The summed E-state index contributed by atoms with van der Waals surface area (Å²) in [4.78, 5) is 8.43. The minimum atomic E-state index is 0.507. The quantitative estimate of drug-likeness (QED) is 0.705. The Kier molecular flexibility index (Phi) is 3.61. The number of ether oxygens (including phenoxy) is 1. The van der Waals surface area contributed by atoms with Crippen LogP contribution in [0.15, 0.2) is 67.0 Å². The van der Waals surface area contributed by atoms with Crippen molar-refractivity contribution in [2.45, 2.75) is 0 Å². The topological polar surface area (TPSA) is 35.0 Å². The lowest BCUT2D eigenvalue weighted by Crippen LogP contribution is -1.88. The van der Waals surface area contributed by atoms with Gasteiger partial charge in [0.05, 0.1) is 10.7 Å². The Hall–Kier alpha value is -2.39. The summed E-state index contributed by atoms with van der Waals surface area (Å²) in [6.07, 6.45) is 3.32. The third-order valence-corrected chi connectivity index (χ3v) is 2.94. The molecule has 1 aromatic carbocycles. The third-order valence-electron chi connectivity index (χ3n) is 2.72. The van der Waals surface area contributed by atoms with Gasteiger partial charge in [0.1, 0.15) is 5.75 Å². The molecule has 0 aliphatic rings. The van der Waals surface area contributed by atoms with Crippen molar-refractivity contribution in [3.05, 3.63) is 72.0 Å². The molecule has 2 aromatic heterocycles. The van der Waals surface area contributed by atoms with Crippen LogP contribution in [-0.4, -0.2) is 9.97 Å². The van der Waals surface area contributed by atoms with Crippen LogP contribution in [0.25, 0.3) is 11.3 Å². The Balaban J connectivity index is 1.86. The zero-order valence-corrected chi connectivity index (χ0v) is 11.3. The number of nitrogens with zero attached hydrogens (tertiary/aromatic N) is 2. The van der Waals surface area contributed by atoms with Crippen LogP contribution in [0.3, 0.4) is 0 Å². The summed E-state index contributed by atoms with van der Waals surface area (Å²) in [5.74, 6) is 1.22. The van der Waals surface area contributed by atoms with Gasteiger partial charge < -0.3 is 4.74 Å². The molecule has 3 rings (SSSR count). The maximum absolute atomic E-state index is 5.79. The van der Waals surface area contributed by atoms with Gasteiger partial charge >= 0.3 is 0 Å². The minimum absolute atomic E-state index is 0.507. The van der Waals surface area contributed by atoms with Crippen LogP contribution in [0.5, 0.6) is 11.6 Å². The number of aromatic nitrogens is 2. The fraction of sp³-hybridized carbons (Fsp3) is 0. The summed E-state index contributed by atoms with van der Waals surface area (Å²) in [7, 11) is 0. The lowest BCUT2D eigenvalue weighted by molar-refractivity contribution is 0.463. The molecule has 0 spiro atoms. The maximum Gasteiger partial charge on any atom is 0.219 e. The lowest BCUT2D eigenvalue weighted by Gasteiger charge is -2.06. The van der Waals surface area contributed by atoms with E-state index in [-0.39, 0.29) is 0 Å². The average Bonchev–Trinajstić information content (AvgIpc) is 2.51. The fourth-order valence-corrected chi connectivity index (χ4v) is 1.91. The Labute approximate surface area is 121 Å². The van der Waals surface area contributed by atoms with E-state index in [1.807, 2.05) is 42.5 Å². The number of benzene rings is 1. The van der Waals surface area contributed by atoms with Crippen molar-refractivity contribution in [2.75, 3.05) is 0 Å². The molecule has 3 nitrogen and oxygen atoms in total. The first-order chi connectivity index (χ1) is 9.81. The van der Waals surface area contributed by atoms with E-state index in [2.05, 4.69) is 9.97 Å². The number of hydrogen-bond acceptors (Lipinski definition) is 3. The third kappa shape index (κ3) is 2.95. The van der Waals surface area contributed by atoms with E-state index in [4.69, 9.17) is 16.3 Å². The standard InChI is InChI=1S/C16H11ClN2O/c17-13-7-8-16(19-11-13)20-14-5-3-4-12(10-14)15-6-1-2-9-18-15/h1-11H. The molecule has 0 atom stereocenters. The second kappa shape index (κ2) is 5.72. The highest BCUT2D eigenvalue weighted by Gasteiger charge is 2.02. The monoisotopic (exact) mass is 282 g/mol. The van der Waals surface area contributed by atoms with E-state index >= 15 is 0 Å². The van der Waals surface area contributed by atoms with Crippen LogP contribution in [0, 0.1) is 0 Å². The SMILES string of the molecule is Clc1ccc(Oc2cccc(-c3ccccn3)c2)nc1. The average molecular weight is 283 g/mol. The Morgan fingerprint density at radius 1 is 0.900 bits per heavy atom. The first-order valence-electron chi connectivity index (χ1n) is 6.12. The summed E-state index contributed by atoms with van der Waals surface area (Å²) in [5.41, 5.74) is 1.90. The summed E-state index contributed by atoms with van der Waals surface area (Å²) in [6, 6.07) is 17.0. The van der Waals surface area contributed by atoms with Gasteiger partial charge in [-0.25, -0.2) is 4.98 Å². The Morgan fingerprint density at radius 3 is 2.60 bits per heavy atom. The predicted molar refractivity (Wildman–Crippen MR) is 79.0 cm³/mol. The van der Waals surface area contributed by atoms with Gasteiger partial charge in [0.2, 0.25) is 5.88 Å². The molecule has 0 fully saturated rings. The van der Waals surface area contributed by atoms with E-state index in [9.17, 15) is 0 Å². The first kappa shape index (κ1) is 12.6. The van der Waals surface area contributed by atoms with E-state index in [0.29, 0.717) is 16.7 Å². The molecule has 0 saturated heterocycles. The van der Waals surface area contributed by atoms with Crippen molar-refractivity contribution >= 4 is 11.6 Å². The molecular weight excluding hydrogens is 272 g/mol. The van der Waals surface area contributed by atoms with Crippen LogP contribution in [0.1, 0.15) is 0 Å². The van der Waals surface area contributed by atoms with Crippen molar-refractivity contribution in [2.24, 2.45) is 0 Å². The molecule has 2 heterocycles. The van der Waals surface area contributed by atoms with Gasteiger partial charge in [-0.3, -0.25) is 4.98 Å². The highest BCUT2D eigenvalue weighted by molar-refractivity contribution is 6.30. The predicted octanol–water partition coefficient (Wildman–Crippen LogP) is 4.59. The first-order valence-corrected chi connectivity index (χ1v) is 6.50. The molecule has 20 heavy (non-hydrogen) atoms. The van der Waals surface area contributed by atoms with Crippen molar-refractivity contribution in [1.29, 1.82) is 0 Å². The van der Waals surface area contributed by atoms with Crippen LogP contribution in [0.2, 0.25) is 5.02 Å². The highest BCUT2D eigenvalue weighted by Crippen LogP contribution is 2.25. The normalized spacial score (nSPS) is 10.2. The number of hydrogen-bond donors (Lipinski definition) is 0. The van der Waals surface area contributed by atoms with Gasteiger partial charge in [0, 0.05) is 24.0 Å². The Bertz CT molecular complexity index is 699. The molecule has 0 amide bonds. The number of rotatable bonds is 3. The second-order valence-electron chi connectivity index (χ2n) is 4.16. The maximum atomic E-state index is 5.79. The zero-order chi connectivity index (χ0) is 13.8. The molecule has 98 valence electrons. The largest absolute Gasteiger partial charge is 0.439 e. The molecular formula is C16H11ClN2O. The molecule has 3 aromatic rings. The van der Waals surface area contributed by atoms with E-state index in [0.717, 1.165) is 11.3 Å².